The van der Waals surface area contributed by atoms with Crippen LogP contribution in [-0.2, 0) is 14.8 Å². The number of carbonyl (C=O) groups is 1. The summed E-state index contributed by atoms with van der Waals surface area (Å²) in [5, 5.41) is 17.8. The van der Waals surface area contributed by atoms with Crippen molar-refractivity contribution in [3.8, 4) is 11.5 Å². The van der Waals surface area contributed by atoms with Crippen molar-refractivity contribution in [1.29, 1.82) is 0 Å². The summed E-state index contributed by atoms with van der Waals surface area (Å²) in [7, 11) is -2.69. The molecule has 0 spiro atoms. The summed E-state index contributed by atoms with van der Waals surface area (Å²) in [6.07, 6.45) is 0. The predicted molar refractivity (Wildman–Crippen MR) is 101 cm³/mol. The van der Waals surface area contributed by atoms with Crippen LogP contribution in [0.15, 0.2) is 47.4 Å². The average molecular weight is 411 g/mol. The number of rotatable bonds is 11. The van der Waals surface area contributed by atoms with Gasteiger partial charge in [-0.05, 0) is 42.5 Å². The second-order valence-corrected chi connectivity index (χ2v) is 7.16. The van der Waals surface area contributed by atoms with E-state index >= 15 is 0 Å². The molecule has 152 valence electrons. The van der Waals surface area contributed by atoms with Crippen molar-refractivity contribution in [2.45, 2.75) is 4.90 Å². The molecule has 0 saturated heterocycles. The lowest BCUT2D eigenvalue weighted by Crippen LogP contribution is -2.14. The van der Waals surface area contributed by atoms with Gasteiger partial charge in [-0.3, -0.25) is 4.72 Å². The van der Waals surface area contributed by atoms with E-state index < -0.39 is 16.0 Å². The molecule has 0 bridgehead atoms. The second-order valence-electron chi connectivity index (χ2n) is 5.48. The zero-order valence-corrected chi connectivity index (χ0v) is 15.9. The highest BCUT2D eigenvalue weighted by Gasteiger charge is 2.19. The Kier molecular flexibility index (Phi) is 7.61. The van der Waals surface area contributed by atoms with Gasteiger partial charge in [0.1, 0.15) is 23.7 Å². The third kappa shape index (κ3) is 5.84. The second kappa shape index (κ2) is 9.93. The molecular weight excluding hydrogens is 390 g/mol. The minimum absolute atomic E-state index is 0.0585. The Balaban J connectivity index is 2.06. The van der Waals surface area contributed by atoms with E-state index in [0.29, 0.717) is 12.4 Å². The van der Waals surface area contributed by atoms with Crippen LogP contribution < -0.4 is 14.2 Å². The zero-order valence-electron chi connectivity index (χ0n) is 15.1. The lowest BCUT2D eigenvalue weighted by Gasteiger charge is -2.11. The summed E-state index contributed by atoms with van der Waals surface area (Å²) >= 11 is 0. The van der Waals surface area contributed by atoms with Crippen LogP contribution >= 0.6 is 0 Å². The van der Waals surface area contributed by atoms with Crippen LogP contribution in [-0.4, -0.2) is 58.1 Å². The van der Waals surface area contributed by atoms with Gasteiger partial charge in [-0.25, -0.2) is 13.2 Å². The van der Waals surface area contributed by atoms with Gasteiger partial charge in [-0.1, -0.05) is 0 Å². The standard InChI is InChI=1S/C18H21NO8S/c1-25-17-7-6-15(12-16(17)18(21)22)28(23,24)19-13-2-4-14(5-3-13)27-11-10-26-9-8-20/h2-7,12,19-20H,8-11H2,1H3,(H,21,22). The third-order valence-electron chi connectivity index (χ3n) is 3.55. The third-order valence-corrected chi connectivity index (χ3v) is 4.93. The molecule has 0 aliphatic rings. The van der Waals surface area contributed by atoms with Crippen LogP contribution in [0.5, 0.6) is 11.5 Å². The Morgan fingerprint density at radius 3 is 2.39 bits per heavy atom. The number of hydrogen-bond acceptors (Lipinski definition) is 7. The molecule has 0 aromatic heterocycles. The van der Waals surface area contributed by atoms with Gasteiger partial charge in [0.05, 0.1) is 31.8 Å². The fourth-order valence-corrected chi connectivity index (χ4v) is 3.32. The van der Waals surface area contributed by atoms with E-state index in [1.165, 1.54) is 31.4 Å². The normalized spacial score (nSPS) is 11.1. The maximum Gasteiger partial charge on any atom is 0.339 e. The number of aliphatic hydroxyl groups is 1. The fourth-order valence-electron chi connectivity index (χ4n) is 2.24. The van der Waals surface area contributed by atoms with Crippen molar-refractivity contribution in [2.75, 3.05) is 38.3 Å². The monoisotopic (exact) mass is 411 g/mol. The van der Waals surface area contributed by atoms with Crippen molar-refractivity contribution < 1.29 is 37.6 Å². The summed E-state index contributed by atoms with van der Waals surface area (Å²) in [5.41, 5.74) is 0.0362. The molecule has 0 unspecified atom stereocenters. The first-order chi connectivity index (χ1) is 13.4. The van der Waals surface area contributed by atoms with Gasteiger partial charge in [0.15, 0.2) is 0 Å². The Morgan fingerprint density at radius 2 is 1.79 bits per heavy atom. The van der Waals surface area contributed by atoms with Gasteiger partial charge < -0.3 is 24.4 Å². The highest BCUT2D eigenvalue weighted by molar-refractivity contribution is 7.92. The van der Waals surface area contributed by atoms with Crippen LogP contribution in [0.1, 0.15) is 10.4 Å². The van der Waals surface area contributed by atoms with Crippen molar-refractivity contribution in [3.63, 3.8) is 0 Å². The molecule has 0 atom stereocenters. The molecule has 2 aromatic carbocycles. The van der Waals surface area contributed by atoms with E-state index in [4.69, 9.17) is 19.3 Å². The van der Waals surface area contributed by atoms with E-state index in [0.717, 1.165) is 6.07 Å². The van der Waals surface area contributed by atoms with E-state index in [1.54, 1.807) is 12.1 Å². The lowest BCUT2D eigenvalue weighted by molar-refractivity contribution is 0.0693. The minimum atomic E-state index is -3.99. The number of aliphatic hydroxyl groups excluding tert-OH is 1. The quantitative estimate of drug-likeness (QED) is 0.475. The Morgan fingerprint density at radius 1 is 1.07 bits per heavy atom. The number of methoxy groups -OCH3 is 1. The SMILES string of the molecule is COc1ccc(S(=O)(=O)Nc2ccc(OCCOCCO)cc2)cc1C(=O)O. The number of ether oxygens (including phenoxy) is 3. The van der Waals surface area contributed by atoms with Crippen LogP contribution in [0.2, 0.25) is 0 Å². The van der Waals surface area contributed by atoms with Gasteiger partial charge in [0, 0.05) is 5.69 Å². The van der Waals surface area contributed by atoms with E-state index in [2.05, 4.69) is 4.72 Å². The smallest absolute Gasteiger partial charge is 0.339 e. The molecule has 9 nitrogen and oxygen atoms in total. The lowest BCUT2D eigenvalue weighted by atomic mass is 10.2. The topological polar surface area (TPSA) is 131 Å². The molecule has 2 aromatic rings. The molecule has 3 N–H and O–H groups in total. The Hall–Kier alpha value is -2.82. The molecule has 2 rings (SSSR count). The van der Waals surface area contributed by atoms with Gasteiger partial charge in [-0.15, -0.1) is 0 Å². The van der Waals surface area contributed by atoms with Crippen LogP contribution in [0.4, 0.5) is 5.69 Å². The van der Waals surface area contributed by atoms with Crippen molar-refractivity contribution in [2.24, 2.45) is 0 Å². The molecule has 0 radical (unpaired) electrons. The number of aromatic carboxylic acids is 1. The zero-order chi connectivity index (χ0) is 20.6. The van der Waals surface area contributed by atoms with Crippen LogP contribution in [0, 0.1) is 0 Å². The predicted octanol–water partition coefficient (Wildman–Crippen LogP) is 1.58. The fraction of sp³-hybridized carbons (Fsp3) is 0.278. The van der Waals surface area contributed by atoms with Gasteiger partial charge in [0.2, 0.25) is 0 Å². The number of sulfonamides is 1. The van der Waals surface area contributed by atoms with Gasteiger partial charge in [-0.2, -0.15) is 0 Å². The molecule has 0 aliphatic carbocycles. The first kappa shape index (κ1) is 21.5. The van der Waals surface area contributed by atoms with Crippen molar-refractivity contribution in [1.82, 2.24) is 0 Å². The molecule has 28 heavy (non-hydrogen) atoms. The van der Waals surface area contributed by atoms with Gasteiger partial charge >= 0.3 is 5.97 Å². The first-order valence-electron chi connectivity index (χ1n) is 8.23. The number of carboxylic acid groups (broad SMARTS) is 1. The maximum absolute atomic E-state index is 12.5. The first-order valence-corrected chi connectivity index (χ1v) is 9.71. The number of benzene rings is 2. The summed E-state index contributed by atoms with van der Waals surface area (Å²) < 4.78 is 42.8. The molecule has 0 heterocycles. The van der Waals surface area contributed by atoms with E-state index in [1.807, 2.05) is 0 Å². The summed E-state index contributed by atoms with van der Waals surface area (Å²) in [6, 6.07) is 9.78. The minimum Gasteiger partial charge on any atom is -0.496 e. The number of nitrogens with one attached hydrogen (secondary N) is 1. The molecule has 0 aliphatic heterocycles. The molecular formula is C18H21NO8S. The average Bonchev–Trinajstić information content (AvgIpc) is 2.68. The van der Waals surface area contributed by atoms with Crippen LogP contribution in [0.25, 0.3) is 0 Å². The molecule has 0 amide bonds. The number of hydrogen-bond donors (Lipinski definition) is 3. The molecule has 10 heteroatoms. The van der Waals surface area contributed by atoms with Gasteiger partial charge in [0.25, 0.3) is 10.0 Å². The summed E-state index contributed by atoms with van der Waals surface area (Å²) in [5.74, 6) is -0.706. The van der Waals surface area contributed by atoms with Crippen molar-refractivity contribution >= 4 is 21.7 Å². The number of anilines is 1. The van der Waals surface area contributed by atoms with Crippen LogP contribution in [0.3, 0.4) is 0 Å². The van der Waals surface area contributed by atoms with E-state index in [-0.39, 0.29) is 41.7 Å². The molecule has 0 saturated carbocycles. The largest absolute Gasteiger partial charge is 0.496 e. The highest BCUT2D eigenvalue weighted by atomic mass is 32.2. The summed E-state index contributed by atoms with van der Waals surface area (Å²) in [6.45, 7) is 0.781. The maximum atomic E-state index is 12.5. The van der Waals surface area contributed by atoms with E-state index in [9.17, 15) is 18.3 Å². The highest BCUT2D eigenvalue weighted by Crippen LogP contribution is 2.25. The summed E-state index contributed by atoms with van der Waals surface area (Å²) in [4.78, 5) is 11.1. The molecule has 0 fully saturated rings. The van der Waals surface area contributed by atoms with Crippen molar-refractivity contribution in [3.05, 3.63) is 48.0 Å². The Bertz CT molecular complexity index is 896. The number of carboxylic acids is 1. The Labute approximate surface area is 162 Å².